The van der Waals surface area contributed by atoms with Crippen LogP contribution in [0.5, 0.6) is 5.88 Å². The van der Waals surface area contributed by atoms with E-state index in [-0.39, 0.29) is 6.42 Å². The smallest absolute Gasteiger partial charge is 0.231 e. The molecule has 2 aromatic heterocycles. The standard InChI is InChI=1S/C10H10Cl3N3O2/c1-18-9-3-2-8-14-6(5-16(8)15-9)4-7(17)10(11,12)13/h2-3,5,7,17H,4H2,1H3. The summed E-state index contributed by atoms with van der Waals surface area (Å²) in [4.78, 5) is 4.25. The van der Waals surface area contributed by atoms with Crippen molar-refractivity contribution < 1.29 is 9.84 Å². The first-order valence-corrected chi connectivity index (χ1v) is 6.17. The zero-order chi connectivity index (χ0) is 13.3. The molecular weight excluding hydrogens is 300 g/mol. The van der Waals surface area contributed by atoms with Crippen LogP contribution in [0.1, 0.15) is 5.69 Å². The summed E-state index contributed by atoms with van der Waals surface area (Å²) in [6, 6.07) is 3.44. The van der Waals surface area contributed by atoms with Crippen molar-refractivity contribution in [2.75, 3.05) is 7.11 Å². The fourth-order valence-electron chi connectivity index (χ4n) is 1.43. The lowest BCUT2D eigenvalue weighted by molar-refractivity contribution is 0.178. The molecule has 0 aromatic carbocycles. The van der Waals surface area contributed by atoms with Crippen LogP contribution >= 0.6 is 34.8 Å². The lowest BCUT2D eigenvalue weighted by Crippen LogP contribution is -2.27. The monoisotopic (exact) mass is 309 g/mol. The van der Waals surface area contributed by atoms with Crippen LogP contribution in [-0.2, 0) is 6.42 Å². The van der Waals surface area contributed by atoms with Crippen molar-refractivity contribution in [2.24, 2.45) is 0 Å². The molecule has 1 N–H and O–H groups in total. The van der Waals surface area contributed by atoms with E-state index in [0.29, 0.717) is 17.2 Å². The van der Waals surface area contributed by atoms with Crippen molar-refractivity contribution in [2.45, 2.75) is 16.3 Å². The van der Waals surface area contributed by atoms with E-state index in [0.717, 1.165) is 0 Å². The summed E-state index contributed by atoms with van der Waals surface area (Å²) in [6.45, 7) is 0. The van der Waals surface area contributed by atoms with Crippen molar-refractivity contribution in [1.29, 1.82) is 0 Å². The Morgan fingerprint density at radius 1 is 1.44 bits per heavy atom. The van der Waals surface area contributed by atoms with Gasteiger partial charge in [-0.25, -0.2) is 9.50 Å². The molecule has 0 aliphatic heterocycles. The van der Waals surface area contributed by atoms with Gasteiger partial charge in [0, 0.05) is 12.5 Å². The van der Waals surface area contributed by atoms with Gasteiger partial charge in [-0.05, 0) is 6.07 Å². The Morgan fingerprint density at radius 3 is 2.78 bits per heavy atom. The Bertz CT molecular complexity index is 553. The molecule has 1 unspecified atom stereocenters. The van der Waals surface area contributed by atoms with Gasteiger partial charge in [-0.1, -0.05) is 34.8 Å². The minimum atomic E-state index is -1.74. The van der Waals surface area contributed by atoms with Crippen molar-refractivity contribution in [3.63, 3.8) is 0 Å². The molecule has 2 aromatic rings. The van der Waals surface area contributed by atoms with E-state index in [4.69, 9.17) is 39.5 Å². The Kier molecular flexibility index (Phi) is 3.87. The fraction of sp³-hybridized carbons (Fsp3) is 0.400. The molecule has 0 amide bonds. The number of alkyl halides is 3. The average molecular weight is 311 g/mol. The summed E-state index contributed by atoms with van der Waals surface area (Å²) >= 11 is 16.8. The van der Waals surface area contributed by atoms with Crippen molar-refractivity contribution >= 4 is 40.4 Å². The molecule has 0 bridgehead atoms. The maximum Gasteiger partial charge on any atom is 0.231 e. The summed E-state index contributed by atoms with van der Waals surface area (Å²) < 4.78 is 4.80. The second-order valence-electron chi connectivity index (χ2n) is 3.67. The van der Waals surface area contributed by atoms with Crippen LogP contribution in [0.3, 0.4) is 0 Å². The first kappa shape index (κ1) is 13.7. The van der Waals surface area contributed by atoms with E-state index in [1.54, 1.807) is 22.8 Å². The average Bonchev–Trinajstić information content (AvgIpc) is 2.68. The van der Waals surface area contributed by atoms with Gasteiger partial charge in [0.05, 0.1) is 19.0 Å². The Labute approximate surface area is 118 Å². The molecule has 5 nitrogen and oxygen atoms in total. The number of nitrogens with zero attached hydrogens (tertiary/aromatic N) is 3. The minimum absolute atomic E-state index is 0.127. The van der Waals surface area contributed by atoms with E-state index in [9.17, 15) is 5.11 Å². The van der Waals surface area contributed by atoms with E-state index in [1.165, 1.54) is 7.11 Å². The van der Waals surface area contributed by atoms with E-state index in [1.807, 2.05) is 0 Å². The number of aliphatic hydroxyl groups excluding tert-OH is 1. The number of imidazole rings is 1. The second-order valence-corrected chi connectivity index (χ2v) is 6.04. The number of hydrogen-bond donors (Lipinski definition) is 1. The summed E-state index contributed by atoms with van der Waals surface area (Å²) in [7, 11) is 1.53. The van der Waals surface area contributed by atoms with E-state index < -0.39 is 9.90 Å². The predicted octanol–water partition coefficient (Wildman–Crippen LogP) is 2.01. The number of fused-ring (bicyclic) bond motifs is 1. The molecule has 0 aliphatic carbocycles. The third kappa shape index (κ3) is 2.98. The number of aliphatic hydroxyl groups is 1. The summed E-state index contributed by atoms with van der Waals surface area (Å²) in [5, 5.41) is 13.8. The number of ether oxygens (including phenoxy) is 1. The Morgan fingerprint density at radius 2 is 2.17 bits per heavy atom. The molecule has 0 saturated carbocycles. The molecule has 2 rings (SSSR count). The number of hydrogen-bond acceptors (Lipinski definition) is 4. The van der Waals surface area contributed by atoms with Gasteiger partial charge in [0.1, 0.15) is 6.10 Å². The molecule has 8 heteroatoms. The van der Waals surface area contributed by atoms with Gasteiger partial charge in [0.25, 0.3) is 0 Å². The number of halogens is 3. The highest BCUT2D eigenvalue weighted by Gasteiger charge is 2.31. The van der Waals surface area contributed by atoms with Gasteiger partial charge in [0.15, 0.2) is 5.65 Å². The van der Waals surface area contributed by atoms with Gasteiger partial charge < -0.3 is 9.84 Å². The number of aromatic nitrogens is 3. The largest absolute Gasteiger partial charge is 0.480 e. The van der Waals surface area contributed by atoms with Crippen LogP contribution in [0, 0.1) is 0 Å². The highest BCUT2D eigenvalue weighted by molar-refractivity contribution is 6.68. The van der Waals surface area contributed by atoms with E-state index >= 15 is 0 Å². The van der Waals surface area contributed by atoms with Gasteiger partial charge in [-0.2, -0.15) is 0 Å². The van der Waals surface area contributed by atoms with Gasteiger partial charge in [-0.3, -0.25) is 0 Å². The normalized spacial score (nSPS) is 13.8. The Balaban J connectivity index is 2.25. The van der Waals surface area contributed by atoms with Crippen LogP contribution in [0.4, 0.5) is 0 Å². The first-order valence-electron chi connectivity index (χ1n) is 5.04. The van der Waals surface area contributed by atoms with Gasteiger partial charge >= 0.3 is 0 Å². The van der Waals surface area contributed by atoms with Gasteiger partial charge in [0.2, 0.25) is 9.67 Å². The second kappa shape index (κ2) is 5.09. The topological polar surface area (TPSA) is 59.7 Å². The van der Waals surface area contributed by atoms with Crippen LogP contribution in [0.15, 0.2) is 18.3 Å². The molecule has 0 spiro atoms. The summed E-state index contributed by atoms with van der Waals surface area (Å²) in [5.74, 6) is 0.466. The predicted molar refractivity (Wildman–Crippen MR) is 69.5 cm³/mol. The molecule has 0 aliphatic rings. The van der Waals surface area contributed by atoms with E-state index in [2.05, 4.69) is 10.1 Å². The quantitative estimate of drug-likeness (QED) is 0.881. The molecule has 2 heterocycles. The summed E-state index contributed by atoms with van der Waals surface area (Å²) in [6.07, 6.45) is 0.647. The molecule has 18 heavy (non-hydrogen) atoms. The SMILES string of the molecule is COc1ccc2nc(CC(O)C(Cl)(Cl)Cl)cn2n1. The molecule has 0 fully saturated rings. The molecule has 0 radical (unpaired) electrons. The van der Waals surface area contributed by atoms with Crippen LogP contribution in [0.25, 0.3) is 5.65 Å². The number of methoxy groups -OCH3 is 1. The molecular formula is C10H10Cl3N3O2. The van der Waals surface area contributed by atoms with Crippen LogP contribution < -0.4 is 4.74 Å². The maximum atomic E-state index is 9.67. The lowest BCUT2D eigenvalue weighted by atomic mass is 10.2. The zero-order valence-corrected chi connectivity index (χ0v) is 11.6. The summed E-state index contributed by atoms with van der Waals surface area (Å²) in [5.41, 5.74) is 1.21. The van der Waals surface area contributed by atoms with Crippen LogP contribution in [0.2, 0.25) is 0 Å². The highest BCUT2D eigenvalue weighted by atomic mass is 35.6. The van der Waals surface area contributed by atoms with Crippen molar-refractivity contribution in [3.8, 4) is 5.88 Å². The van der Waals surface area contributed by atoms with Crippen molar-refractivity contribution in [3.05, 3.63) is 24.0 Å². The maximum absolute atomic E-state index is 9.67. The fourth-order valence-corrected chi connectivity index (χ4v) is 1.67. The lowest BCUT2D eigenvalue weighted by Gasteiger charge is -2.17. The van der Waals surface area contributed by atoms with Crippen LogP contribution in [-0.4, -0.2) is 36.7 Å². The zero-order valence-electron chi connectivity index (χ0n) is 9.35. The highest BCUT2D eigenvalue weighted by Crippen LogP contribution is 2.31. The Hall–Kier alpha value is -0.750. The first-order chi connectivity index (χ1) is 8.40. The number of rotatable bonds is 3. The van der Waals surface area contributed by atoms with Gasteiger partial charge in [-0.15, -0.1) is 5.10 Å². The third-order valence-electron chi connectivity index (χ3n) is 2.33. The molecule has 0 saturated heterocycles. The minimum Gasteiger partial charge on any atom is -0.480 e. The third-order valence-corrected chi connectivity index (χ3v) is 3.09. The molecule has 1 atom stereocenters. The van der Waals surface area contributed by atoms with Crippen molar-refractivity contribution in [1.82, 2.24) is 14.6 Å². The molecule has 98 valence electrons.